The van der Waals surface area contributed by atoms with Gasteiger partial charge in [-0.25, -0.2) is 4.98 Å². The Bertz CT molecular complexity index is 991. The lowest BCUT2D eigenvalue weighted by molar-refractivity contribution is -0.135. The Morgan fingerprint density at radius 1 is 1.00 bits per heavy atom. The first-order valence-corrected chi connectivity index (χ1v) is 12.5. The first-order valence-electron chi connectivity index (χ1n) is 11.6. The zero-order chi connectivity index (χ0) is 22.6. The zero-order valence-electron chi connectivity index (χ0n) is 18.7. The molecule has 3 heterocycles. The van der Waals surface area contributed by atoms with E-state index in [1.807, 2.05) is 72.2 Å². The van der Waals surface area contributed by atoms with E-state index in [9.17, 15) is 9.90 Å². The number of benzene rings is 2. The fourth-order valence-corrected chi connectivity index (χ4v) is 5.74. The number of hydrogen-bond acceptors (Lipinski definition) is 6. The normalized spacial score (nSPS) is 21.6. The number of hydrogen-bond donors (Lipinski definition) is 1. The summed E-state index contributed by atoms with van der Waals surface area (Å²) in [6, 6.07) is 20.2. The van der Waals surface area contributed by atoms with Crippen LogP contribution in [0.4, 0.5) is 5.13 Å². The number of β-amino-alcohol motifs (C(OH)–C–C–N with tert-alkyl or cyclic N) is 1. The Morgan fingerprint density at radius 2 is 1.70 bits per heavy atom. The summed E-state index contributed by atoms with van der Waals surface area (Å²) in [7, 11) is 0. The molecule has 0 radical (unpaired) electrons. The topological polar surface area (TPSA) is 59.9 Å². The van der Waals surface area contributed by atoms with E-state index in [2.05, 4.69) is 19.7 Å². The summed E-state index contributed by atoms with van der Waals surface area (Å²) in [5.74, 6) is -0.179. The number of amides is 1. The molecule has 0 bridgehead atoms. The minimum absolute atomic E-state index is 0.0374. The molecule has 3 aromatic rings. The first kappa shape index (κ1) is 22.1. The molecule has 1 amide bonds. The van der Waals surface area contributed by atoms with Gasteiger partial charge in [0.2, 0.25) is 5.91 Å². The number of carbonyl (C=O) groups excluding carboxylic acids is 1. The van der Waals surface area contributed by atoms with Gasteiger partial charge in [-0.05, 0) is 17.5 Å². The number of likely N-dealkylation sites (tertiary alicyclic amines) is 1. The molecule has 7 heteroatoms. The molecule has 33 heavy (non-hydrogen) atoms. The summed E-state index contributed by atoms with van der Waals surface area (Å²) in [6.07, 6.45) is 2.37. The molecule has 172 valence electrons. The molecule has 5 rings (SSSR count). The Balaban J connectivity index is 1.44. The molecule has 0 spiro atoms. The van der Waals surface area contributed by atoms with Crippen LogP contribution in [0.25, 0.3) is 0 Å². The van der Waals surface area contributed by atoms with Gasteiger partial charge in [-0.3, -0.25) is 9.69 Å². The van der Waals surface area contributed by atoms with Gasteiger partial charge in [0.05, 0.1) is 18.1 Å². The summed E-state index contributed by atoms with van der Waals surface area (Å²) in [4.78, 5) is 25.3. The molecule has 6 nitrogen and oxygen atoms in total. The lowest BCUT2D eigenvalue weighted by Gasteiger charge is -2.44. The number of anilines is 1. The van der Waals surface area contributed by atoms with E-state index in [1.165, 1.54) is 0 Å². The highest BCUT2D eigenvalue weighted by Crippen LogP contribution is 2.30. The van der Waals surface area contributed by atoms with Crippen molar-refractivity contribution >= 4 is 22.4 Å². The molecule has 0 unspecified atom stereocenters. The van der Waals surface area contributed by atoms with Crippen molar-refractivity contribution < 1.29 is 9.90 Å². The maximum absolute atomic E-state index is 14.2. The van der Waals surface area contributed by atoms with E-state index in [0.717, 1.165) is 48.9 Å². The van der Waals surface area contributed by atoms with Gasteiger partial charge in [0.15, 0.2) is 5.13 Å². The molecule has 1 aromatic heterocycles. The largest absolute Gasteiger partial charge is 0.392 e. The molecule has 0 saturated carbocycles. The van der Waals surface area contributed by atoms with E-state index in [-0.39, 0.29) is 24.0 Å². The monoisotopic (exact) mass is 462 g/mol. The van der Waals surface area contributed by atoms with Crippen LogP contribution in [0.1, 0.15) is 23.5 Å². The standard InChI is InChI=1S/C26H30N4O2S/c31-23-11-13-28(19-23)17-22-18-29(26-27-12-16-33-26)14-15-30(22)25(32)24(20-7-3-1-4-8-20)21-9-5-2-6-10-21/h1-10,12,16,22-24,31H,11,13-15,17-19H2/t22-,23+/m1/s1. The second kappa shape index (κ2) is 10.0. The zero-order valence-corrected chi connectivity index (χ0v) is 19.5. The van der Waals surface area contributed by atoms with Crippen LogP contribution in [-0.2, 0) is 4.79 Å². The molecule has 2 fully saturated rings. The molecule has 2 atom stereocenters. The second-order valence-electron chi connectivity index (χ2n) is 8.90. The quantitative estimate of drug-likeness (QED) is 0.610. The third-order valence-electron chi connectivity index (χ3n) is 6.68. The molecule has 0 aliphatic carbocycles. The second-order valence-corrected chi connectivity index (χ2v) is 9.78. The molecule has 2 aliphatic rings. The maximum Gasteiger partial charge on any atom is 0.234 e. The third kappa shape index (κ3) is 4.95. The predicted octanol–water partition coefficient (Wildman–Crippen LogP) is 3.06. The van der Waals surface area contributed by atoms with E-state index in [1.54, 1.807) is 11.3 Å². The van der Waals surface area contributed by atoms with Crippen molar-refractivity contribution in [3.8, 4) is 0 Å². The van der Waals surface area contributed by atoms with Crippen LogP contribution >= 0.6 is 11.3 Å². The number of rotatable bonds is 6. The molecular weight excluding hydrogens is 432 g/mol. The van der Waals surface area contributed by atoms with Crippen LogP contribution in [0.3, 0.4) is 0 Å². The Kier molecular flexibility index (Phi) is 6.71. The SMILES string of the molecule is O=C(C(c1ccccc1)c1ccccc1)N1CCN(c2nccs2)C[C@H]1CN1CC[C@H](O)C1. The highest BCUT2D eigenvalue weighted by atomic mass is 32.1. The van der Waals surface area contributed by atoms with Crippen LogP contribution in [0.2, 0.25) is 0 Å². The highest BCUT2D eigenvalue weighted by Gasteiger charge is 2.37. The fourth-order valence-electron chi connectivity index (χ4n) is 5.06. The molecule has 2 aromatic carbocycles. The van der Waals surface area contributed by atoms with Gasteiger partial charge in [0.1, 0.15) is 0 Å². The summed E-state index contributed by atoms with van der Waals surface area (Å²) < 4.78 is 0. The van der Waals surface area contributed by atoms with E-state index >= 15 is 0 Å². The van der Waals surface area contributed by atoms with E-state index in [4.69, 9.17) is 0 Å². The van der Waals surface area contributed by atoms with Crippen LogP contribution in [0.15, 0.2) is 72.2 Å². The van der Waals surface area contributed by atoms with Crippen LogP contribution in [0, 0.1) is 0 Å². The van der Waals surface area contributed by atoms with E-state index < -0.39 is 0 Å². The summed E-state index contributed by atoms with van der Waals surface area (Å²) >= 11 is 1.64. The van der Waals surface area contributed by atoms with Gasteiger partial charge in [-0.1, -0.05) is 60.7 Å². The number of aliphatic hydroxyl groups is 1. The van der Waals surface area contributed by atoms with Crippen molar-refractivity contribution in [3.05, 3.63) is 83.4 Å². The maximum atomic E-state index is 14.2. The van der Waals surface area contributed by atoms with Crippen molar-refractivity contribution in [2.45, 2.75) is 24.5 Å². The summed E-state index contributed by atoms with van der Waals surface area (Å²) in [6.45, 7) is 4.50. The Hall–Kier alpha value is -2.74. The summed E-state index contributed by atoms with van der Waals surface area (Å²) in [5.41, 5.74) is 2.04. The van der Waals surface area contributed by atoms with Gasteiger partial charge >= 0.3 is 0 Å². The predicted molar refractivity (Wildman–Crippen MR) is 132 cm³/mol. The minimum atomic E-state index is -0.328. The third-order valence-corrected chi connectivity index (χ3v) is 7.52. The highest BCUT2D eigenvalue weighted by molar-refractivity contribution is 7.13. The number of nitrogens with zero attached hydrogens (tertiary/aromatic N) is 4. The average Bonchev–Trinajstić information content (AvgIpc) is 3.53. The molecule has 2 saturated heterocycles. The Morgan fingerprint density at radius 3 is 2.27 bits per heavy atom. The van der Waals surface area contributed by atoms with Gasteiger partial charge in [-0.15, -0.1) is 11.3 Å². The number of piperazine rings is 1. The minimum Gasteiger partial charge on any atom is -0.392 e. The number of aromatic nitrogens is 1. The smallest absolute Gasteiger partial charge is 0.234 e. The van der Waals surface area contributed by atoms with Crippen molar-refractivity contribution in [1.82, 2.24) is 14.8 Å². The average molecular weight is 463 g/mol. The van der Waals surface area contributed by atoms with Gasteiger partial charge in [0.25, 0.3) is 0 Å². The Labute approximate surface area is 199 Å². The number of thiazole rings is 1. The first-order chi connectivity index (χ1) is 16.2. The molecule has 2 aliphatic heterocycles. The number of carbonyl (C=O) groups is 1. The lowest BCUT2D eigenvalue weighted by Crippen LogP contribution is -2.59. The van der Waals surface area contributed by atoms with Gasteiger partial charge in [0, 0.05) is 50.8 Å². The van der Waals surface area contributed by atoms with Crippen LogP contribution < -0.4 is 4.90 Å². The van der Waals surface area contributed by atoms with Crippen molar-refractivity contribution in [3.63, 3.8) is 0 Å². The summed E-state index contributed by atoms with van der Waals surface area (Å²) in [5, 5.41) is 13.1. The van der Waals surface area contributed by atoms with Crippen molar-refractivity contribution in [2.75, 3.05) is 44.2 Å². The lowest BCUT2D eigenvalue weighted by atomic mass is 9.89. The van der Waals surface area contributed by atoms with Crippen LogP contribution in [-0.4, -0.2) is 77.2 Å². The van der Waals surface area contributed by atoms with E-state index in [0.29, 0.717) is 13.1 Å². The fraction of sp³-hybridized carbons (Fsp3) is 0.385. The molecule has 1 N–H and O–H groups in total. The van der Waals surface area contributed by atoms with Crippen LogP contribution in [0.5, 0.6) is 0 Å². The molecular formula is C26H30N4O2S. The van der Waals surface area contributed by atoms with Crippen molar-refractivity contribution in [1.29, 1.82) is 0 Å². The van der Waals surface area contributed by atoms with Crippen molar-refractivity contribution in [2.24, 2.45) is 0 Å². The van der Waals surface area contributed by atoms with Gasteiger partial charge < -0.3 is 14.9 Å². The van der Waals surface area contributed by atoms with Gasteiger partial charge in [-0.2, -0.15) is 0 Å². The number of aliphatic hydroxyl groups excluding tert-OH is 1.